The molecule has 1 fully saturated rings. The summed E-state index contributed by atoms with van der Waals surface area (Å²) in [4.78, 5) is 20.9. The van der Waals surface area contributed by atoms with Crippen LogP contribution in [0.5, 0.6) is 0 Å². The van der Waals surface area contributed by atoms with E-state index in [4.69, 9.17) is 0 Å². The average molecular weight is 442 g/mol. The number of pyridine rings is 1. The predicted octanol–water partition coefficient (Wildman–Crippen LogP) is 4.78. The molecular weight excluding hydrogens is 417 g/mol. The molecule has 0 unspecified atom stereocenters. The fourth-order valence-corrected chi connectivity index (χ4v) is 4.19. The van der Waals surface area contributed by atoms with Gasteiger partial charge in [-0.2, -0.15) is 13.2 Å². The number of rotatable bonds is 3. The third-order valence-corrected chi connectivity index (χ3v) is 5.89. The molecule has 3 heterocycles. The van der Waals surface area contributed by atoms with Crippen LogP contribution >= 0.6 is 0 Å². The van der Waals surface area contributed by atoms with E-state index in [0.717, 1.165) is 34.9 Å². The van der Waals surface area contributed by atoms with Gasteiger partial charge in [-0.1, -0.05) is 12.1 Å². The van der Waals surface area contributed by atoms with Crippen LogP contribution in [0.25, 0.3) is 5.69 Å². The molecule has 1 saturated heterocycles. The van der Waals surface area contributed by atoms with Crippen LogP contribution < -0.4 is 4.90 Å². The lowest BCUT2D eigenvalue weighted by atomic mass is 10.2. The van der Waals surface area contributed by atoms with Gasteiger partial charge in [0.25, 0.3) is 5.91 Å². The van der Waals surface area contributed by atoms with Crippen molar-refractivity contribution in [2.45, 2.75) is 26.9 Å². The molecule has 2 aromatic heterocycles. The van der Waals surface area contributed by atoms with Gasteiger partial charge in [0.1, 0.15) is 5.82 Å². The minimum absolute atomic E-state index is 0.0305. The summed E-state index contributed by atoms with van der Waals surface area (Å²) in [6.45, 7) is 7.97. The van der Waals surface area contributed by atoms with Crippen molar-refractivity contribution in [2.75, 3.05) is 31.1 Å². The predicted molar refractivity (Wildman–Crippen MR) is 117 cm³/mol. The van der Waals surface area contributed by atoms with E-state index in [1.165, 1.54) is 6.07 Å². The number of alkyl halides is 3. The summed E-state index contributed by atoms with van der Waals surface area (Å²) in [6.07, 6.45) is -3.55. The van der Waals surface area contributed by atoms with Crippen molar-refractivity contribution in [1.82, 2.24) is 14.5 Å². The first-order chi connectivity index (χ1) is 15.1. The van der Waals surface area contributed by atoms with Crippen LogP contribution in [0.2, 0.25) is 0 Å². The van der Waals surface area contributed by atoms with Gasteiger partial charge >= 0.3 is 6.18 Å². The highest BCUT2D eigenvalue weighted by Gasteiger charge is 2.31. The summed E-state index contributed by atoms with van der Waals surface area (Å²) in [5, 5.41) is 0. The number of piperazine rings is 1. The van der Waals surface area contributed by atoms with Gasteiger partial charge < -0.3 is 14.4 Å². The van der Waals surface area contributed by atoms with Crippen LogP contribution in [0.1, 0.15) is 32.9 Å². The number of aromatic nitrogens is 2. The summed E-state index contributed by atoms with van der Waals surface area (Å²) in [5.74, 6) is 0.458. The molecule has 0 N–H and O–H groups in total. The van der Waals surface area contributed by atoms with Gasteiger partial charge in [-0.05, 0) is 56.7 Å². The van der Waals surface area contributed by atoms with Gasteiger partial charge in [0.15, 0.2) is 0 Å². The minimum atomic E-state index is -4.40. The summed E-state index contributed by atoms with van der Waals surface area (Å²) in [7, 11) is 0. The molecule has 0 spiro atoms. The van der Waals surface area contributed by atoms with E-state index in [1.54, 1.807) is 4.90 Å². The zero-order valence-corrected chi connectivity index (χ0v) is 18.3. The van der Waals surface area contributed by atoms with Gasteiger partial charge in [0, 0.05) is 49.5 Å². The third kappa shape index (κ3) is 4.22. The number of nitrogens with zero attached hydrogens (tertiary/aromatic N) is 4. The molecule has 5 nitrogen and oxygen atoms in total. The van der Waals surface area contributed by atoms with E-state index in [1.807, 2.05) is 49.9 Å². The molecule has 3 aromatic rings. The number of benzene rings is 1. The third-order valence-electron chi connectivity index (χ3n) is 5.89. The number of halogens is 3. The quantitative estimate of drug-likeness (QED) is 0.586. The summed E-state index contributed by atoms with van der Waals surface area (Å²) in [5.41, 5.74) is 3.96. The number of hydrogen-bond acceptors (Lipinski definition) is 3. The Balaban J connectivity index is 1.47. The molecule has 1 amide bonds. The Morgan fingerprint density at radius 1 is 0.969 bits per heavy atom. The Morgan fingerprint density at radius 2 is 1.69 bits per heavy atom. The normalized spacial score (nSPS) is 14.7. The van der Waals surface area contributed by atoms with E-state index in [-0.39, 0.29) is 5.91 Å². The largest absolute Gasteiger partial charge is 0.417 e. The lowest BCUT2D eigenvalue weighted by molar-refractivity contribution is -0.137. The maximum atomic E-state index is 13.2. The van der Waals surface area contributed by atoms with E-state index < -0.39 is 11.7 Å². The monoisotopic (exact) mass is 442 g/mol. The fraction of sp³-hybridized carbons (Fsp3) is 0.333. The highest BCUT2D eigenvalue weighted by atomic mass is 19.4. The van der Waals surface area contributed by atoms with Crippen molar-refractivity contribution >= 4 is 11.7 Å². The second-order valence-corrected chi connectivity index (χ2v) is 8.14. The highest BCUT2D eigenvalue weighted by molar-refractivity contribution is 5.96. The molecule has 1 aromatic carbocycles. The summed E-state index contributed by atoms with van der Waals surface area (Å²) >= 11 is 0. The summed E-state index contributed by atoms with van der Waals surface area (Å²) < 4.78 is 40.3. The number of carbonyl (C=O) groups excluding carboxylic acids is 1. The first kappa shape index (κ1) is 21.9. The SMILES string of the molecule is Cc1cccc(-n2c(C)cc(C(=O)N3CCN(c4ccc(C(F)(F)F)cn4)CC3)c2C)c1. The van der Waals surface area contributed by atoms with Gasteiger partial charge in [0.05, 0.1) is 11.1 Å². The standard InChI is InChI=1S/C24H25F3N4O/c1-16-5-4-6-20(13-16)31-17(2)14-21(18(31)3)23(32)30-11-9-29(10-12-30)22-8-7-19(15-28-22)24(25,26)27/h4-8,13-15H,9-12H2,1-3H3. The second kappa shape index (κ2) is 8.33. The number of amides is 1. The van der Waals surface area contributed by atoms with E-state index in [0.29, 0.717) is 37.6 Å². The molecule has 0 saturated carbocycles. The number of hydrogen-bond donors (Lipinski definition) is 0. The van der Waals surface area contributed by atoms with Gasteiger partial charge in [0.2, 0.25) is 0 Å². The summed E-state index contributed by atoms with van der Waals surface area (Å²) in [6, 6.07) is 12.5. The van der Waals surface area contributed by atoms with Crippen LogP contribution in [0.15, 0.2) is 48.7 Å². The first-order valence-electron chi connectivity index (χ1n) is 10.5. The average Bonchev–Trinajstić information content (AvgIpc) is 3.06. The number of carbonyl (C=O) groups is 1. The van der Waals surface area contributed by atoms with Crippen LogP contribution in [0.4, 0.5) is 19.0 Å². The van der Waals surface area contributed by atoms with Gasteiger partial charge in [-0.3, -0.25) is 4.79 Å². The lowest BCUT2D eigenvalue weighted by Gasteiger charge is -2.35. The second-order valence-electron chi connectivity index (χ2n) is 8.14. The molecule has 0 aliphatic carbocycles. The van der Waals surface area contributed by atoms with Crippen molar-refractivity contribution < 1.29 is 18.0 Å². The fourth-order valence-electron chi connectivity index (χ4n) is 4.19. The maximum absolute atomic E-state index is 13.2. The molecule has 1 aliphatic rings. The van der Waals surface area contributed by atoms with Crippen LogP contribution in [-0.2, 0) is 6.18 Å². The number of aryl methyl sites for hydroxylation is 2. The Kier molecular flexibility index (Phi) is 5.71. The van der Waals surface area contributed by atoms with Crippen molar-refractivity contribution in [3.63, 3.8) is 0 Å². The van der Waals surface area contributed by atoms with Crippen molar-refractivity contribution in [2.24, 2.45) is 0 Å². The van der Waals surface area contributed by atoms with Crippen molar-refractivity contribution in [3.05, 3.63) is 76.7 Å². The lowest BCUT2D eigenvalue weighted by Crippen LogP contribution is -2.49. The molecule has 168 valence electrons. The Morgan fingerprint density at radius 3 is 2.28 bits per heavy atom. The highest BCUT2D eigenvalue weighted by Crippen LogP contribution is 2.29. The van der Waals surface area contributed by atoms with Crippen molar-refractivity contribution in [1.29, 1.82) is 0 Å². The molecule has 4 rings (SSSR count). The van der Waals surface area contributed by atoms with Gasteiger partial charge in [-0.15, -0.1) is 0 Å². The Labute approximate surface area is 185 Å². The molecule has 32 heavy (non-hydrogen) atoms. The molecule has 0 radical (unpaired) electrons. The molecule has 0 bridgehead atoms. The Bertz CT molecular complexity index is 1130. The van der Waals surface area contributed by atoms with Crippen LogP contribution in [0, 0.1) is 20.8 Å². The molecule has 0 atom stereocenters. The maximum Gasteiger partial charge on any atom is 0.417 e. The zero-order valence-electron chi connectivity index (χ0n) is 18.3. The smallest absolute Gasteiger partial charge is 0.353 e. The first-order valence-corrected chi connectivity index (χ1v) is 10.5. The Hall–Kier alpha value is -3.29. The minimum Gasteiger partial charge on any atom is -0.353 e. The number of anilines is 1. The zero-order chi connectivity index (χ0) is 23.0. The van der Waals surface area contributed by atoms with Crippen LogP contribution in [-0.4, -0.2) is 46.5 Å². The van der Waals surface area contributed by atoms with E-state index in [2.05, 4.69) is 15.6 Å². The van der Waals surface area contributed by atoms with Crippen LogP contribution in [0.3, 0.4) is 0 Å². The molecule has 8 heteroatoms. The van der Waals surface area contributed by atoms with E-state index >= 15 is 0 Å². The molecular formula is C24H25F3N4O. The van der Waals surface area contributed by atoms with E-state index in [9.17, 15) is 18.0 Å². The molecule has 1 aliphatic heterocycles. The van der Waals surface area contributed by atoms with Crippen molar-refractivity contribution in [3.8, 4) is 5.69 Å². The van der Waals surface area contributed by atoms with Gasteiger partial charge in [-0.25, -0.2) is 4.98 Å². The topological polar surface area (TPSA) is 41.4 Å².